The molecule has 6 heteroatoms. The van der Waals surface area contributed by atoms with Crippen LogP contribution in [0.1, 0.15) is 15.9 Å². The number of benzene rings is 1. The molecule has 4 aromatic rings. The maximum atomic E-state index is 10.9. The lowest BCUT2D eigenvalue weighted by Gasteiger charge is -2.04. The van der Waals surface area contributed by atoms with Gasteiger partial charge in [0, 0.05) is 29.5 Å². The highest BCUT2D eigenvalue weighted by Gasteiger charge is 2.08. The minimum absolute atomic E-state index is 0.570. The van der Waals surface area contributed by atoms with E-state index in [0.29, 0.717) is 12.1 Å². The minimum atomic E-state index is 0.570. The third kappa shape index (κ3) is 2.89. The van der Waals surface area contributed by atoms with Gasteiger partial charge in [-0.05, 0) is 29.8 Å². The zero-order chi connectivity index (χ0) is 17.2. The van der Waals surface area contributed by atoms with Crippen molar-refractivity contribution in [2.24, 2.45) is 0 Å². The third-order valence-corrected chi connectivity index (χ3v) is 4.09. The fraction of sp³-hybridized carbons (Fsp3) is 0.105. The molecule has 0 fully saturated rings. The van der Waals surface area contributed by atoms with E-state index < -0.39 is 0 Å². The summed E-state index contributed by atoms with van der Waals surface area (Å²) >= 11 is 0. The molecule has 0 saturated carbocycles. The van der Waals surface area contributed by atoms with Crippen molar-refractivity contribution in [2.45, 2.75) is 6.54 Å². The van der Waals surface area contributed by atoms with Crippen molar-refractivity contribution in [3.8, 4) is 11.4 Å². The molecule has 0 atom stereocenters. The minimum Gasteiger partial charge on any atom is -0.497 e. The van der Waals surface area contributed by atoms with Crippen LogP contribution in [0, 0.1) is 0 Å². The molecular weight excluding hydrogens is 316 g/mol. The quantitative estimate of drug-likeness (QED) is 0.527. The van der Waals surface area contributed by atoms with Crippen molar-refractivity contribution < 1.29 is 9.53 Å². The van der Waals surface area contributed by atoms with E-state index in [4.69, 9.17) is 4.74 Å². The number of hydrogen-bond donors (Lipinski definition) is 0. The lowest BCUT2D eigenvalue weighted by atomic mass is 10.2. The molecule has 25 heavy (non-hydrogen) atoms. The number of aromatic nitrogens is 4. The lowest BCUT2D eigenvalue weighted by molar-refractivity contribution is 0.112. The molecule has 0 saturated heterocycles. The highest BCUT2D eigenvalue weighted by molar-refractivity contribution is 5.85. The maximum absolute atomic E-state index is 10.9. The van der Waals surface area contributed by atoms with Crippen LogP contribution >= 0.6 is 0 Å². The Morgan fingerprint density at radius 3 is 2.76 bits per heavy atom. The van der Waals surface area contributed by atoms with E-state index in [0.717, 1.165) is 34.3 Å². The van der Waals surface area contributed by atoms with Gasteiger partial charge < -0.3 is 4.74 Å². The molecule has 0 aliphatic rings. The smallest absolute Gasteiger partial charge is 0.151 e. The van der Waals surface area contributed by atoms with E-state index in [1.165, 1.54) is 0 Å². The molecule has 0 unspecified atom stereocenters. The zero-order valence-electron chi connectivity index (χ0n) is 13.7. The largest absolute Gasteiger partial charge is 0.497 e. The molecule has 0 amide bonds. The number of ether oxygens (including phenoxy) is 1. The first-order valence-electron chi connectivity index (χ1n) is 7.85. The van der Waals surface area contributed by atoms with E-state index in [2.05, 4.69) is 10.1 Å². The second kappa shape index (κ2) is 6.24. The van der Waals surface area contributed by atoms with Gasteiger partial charge in [-0.25, -0.2) is 4.98 Å². The predicted molar refractivity (Wildman–Crippen MR) is 94.3 cm³/mol. The van der Waals surface area contributed by atoms with Gasteiger partial charge in [-0.2, -0.15) is 5.10 Å². The number of nitrogens with zero attached hydrogens (tertiary/aromatic N) is 4. The third-order valence-electron chi connectivity index (χ3n) is 4.09. The number of aldehydes is 1. The van der Waals surface area contributed by atoms with Crippen LogP contribution in [0.5, 0.6) is 5.75 Å². The number of fused-ring (bicyclic) bond motifs is 1. The first-order chi connectivity index (χ1) is 12.3. The average Bonchev–Trinajstić information content (AvgIpc) is 3.28. The molecule has 0 aliphatic heterocycles. The number of pyridine rings is 1. The first kappa shape index (κ1) is 15.1. The molecule has 0 bridgehead atoms. The van der Waals surface area contributed by atoms with Gasteiger partial charge in [0.1, 0.15) is 11.4 Å². The van der Waals surface area contributed by atoms with Crippen molar-refractivity contribution >= 4 is 17.3 Å². The Morgan fingerprint density at radius 2 is 2.00 bits per heavy atom. The topological polar surface area (TPSA) is 61.9 Å². The molecule has 1 aromatic carbocycles. The van der Waals surface area contributed by atoms with Gasteiger partial charge in [0.2, 0.25) is 0 Å². The summed E-state index contributed by atoms with van der Waals surface area (Å²) in [5.74, 6) is 0.837. The Morgan fingerprint density at radius 1 is 1.16 bits per heavy atom. The fourth-order valence-corrected chi connectivity index (χ4v) is 2.80. The molecule has 0 radical (unpaired) electrons. The van der Waals surface area contributed by atoms with Crippen LogP contribution in [-0.2, 0) is 6.54 Å². The molecule has 3 heterocycles. The number of carbonyl (C=O) groups excluding carboxylic acids is 1. The van der Waals surface area contributed by atoms with E-state index >= 15 is 0 Å². The normalized spacial score (nSPS) is 10.9. The van der Waals surface area contributed by atoms with Crippen molar-refractivity contribution in [1.82, 2.24) is 19.3 Å². The van der Waals surface area contributed by atoms with Crippen molar-refractivity contribution in [2.75, 3.05) is 7.11 Å². The number of hydrogen-bond acceptors (Lipinski definition) is 4. The van der Waals surface area contributed by atoms with Crippen LogP contribution in [0.15, 0.2) is 61.2 Å². The predicted octanol–water partition coefficient (Wildman–Crippen LogP) is 3.09. The summed E-state index contributed by atoms with van der Waals surface area (Å²) in [6.07, 6.45) is 8.09. The number of methoxy groups -OCH3 is 1. The highest BCUT2D eigenvalue weighted by Crippen LogP contribution is 2.19. The Balaban J connectivity index is 1.61. The van der Waals surface area contributed by atoms with E-state index in [9.17, 15) is 4.79 Å². The summed E-state index contributed by atoms with van der Waals surface area (Å²) in [5, 5.41) is 5.35. The molecular formula is C19H16N4O2. The fourth-order valence-electron chi connectivity index (χ4n) is 2.80. The van der Waals surface area contributed by atoms with Gasteiger partial charge in [-0.15, -0.1) is 0 Å². The molecule has 124 valence electrons. The van der Waals surface area contributed by atoms with Crippen LogP contribution < -0.4 is 4.74 Å². The van der Waals surface area contributed by atoms with Crippen LogP contribution in [0.2, 0.25) is 0 Å². The van der Waals surface area contributed by atoms with Gasteiger partial charge in [0.25, 0.3) is 0 Å². The van der Waals surface area contributed by atoms with Crippen molar-refractivity contribution in [3.05, 3.63) is 72.3 Å². The summed E-state index contributed by atoms with van der Waals surface area (Å²) in [6, 6.07) is 11.7. The number of carbonyl (C=O) groups is 1. The van der Waals surface area contributed by atoms with Gasteiger partial charge in [-0.3, -0.25) is 14.0 Å². The molecule has 0 aliphatic carbocycles. The van der Waals surface area contributed by atoms with Crippen LogP contribution in [0.25, 0.3) is 16.7 Å². The molecule has 3 aromatic heterocycles. The summed E-state index contributed by atoms with van der Waals surface area (Å²) in [6.45, 7) is 0.673. The Labute approximate surface area is 144 Å². The molecule has 4 rings (SSSR count). The summed E-state index contributed by atoms with van der Waals surface area (Å²) in [7, 11) is 1.66. The second-order valence-electron chi connectivity index (χ2n) is 5.73. The number of rotatable bonds is 5. The van der Waals surface area contributed by atoms with E-state index in [-0.39, 0.29) is 0 Å². The Kier molecular flexibility index (Phi) is 3.78. The summed E-state index contributed by atoms with van der Waals surface area (Å²) in [5.41, 5.74) is 3.44. The first-order valence-corrected chi connectivity index (χ1v) is 7.85. The molecule has 6 nitrogen and oxygen atoms in total. The zero-order valence-corrected chi connectivity index (χ0v) is 13.7. The highest BCUT2D eigenvalue weighted by atomic mass is 16.5. The second-order valence-corrected chi connectivity index (χ2v) is 5.73. The van der Waals surface area contributed by atoms with Gasteiger partial charge in [0.05, 0.1) is 25.5 Å². The SMILES string of the molecule is COc1ccc(Cn2cc(-n3ccc4cc(C=O)cnc43)cn2)cc1. The van der Waals surface area contributed by atoms with Gasteiger partial charge >= 0.3 is 0 Å². The monoisotopic (exact) mass is 332 g/mol. The van der Waals surface area contributed by atoms with E-state index in [1.54, 1.807) is 19.5 Å². The average molecular weight is 332 g/mol. The van der Waals surface area contributed by atoms with Gasteiger partial charge in [-0.1, -0.05) is 12.1 Å². The van der Waals surface area contributed by atoms with Crippen LogP contribution in [0.3, 0.4) is 0 Å². The summed E-state index contributed by atoms with van der Waals surface area (Å²) < 4.78 is 9.01. The molecule has 0 spiro atoms. The summed E-state index contributed by atoms with van der Waals surface area (Å²) in [4.78, 5) is 15.3. The van der Waals surface area contributed by atoms with Crippen LogP contribution in [-0.4, -0.2) is 32.7 Å². The van der Waals surface area contributed by atoms with Gasteiger partial charge in [0.15, 0.2) is 6.29 Å². The maximum Gasteiger partial charge on any atom is 0.151 e. The Bertz CT molecular complexity index is 1030. The Hall–Kier alpha value is -3.41. The lowest BCUT2D eigenvalue weighted by Crippen LogP contribution is -2.00. The van der Waals surface area contributed by atoms with Crippen molar-refractivity contribution in [3.63, 3.8) is 0 Å². The van der Waals surface area contributed by atoms with Crippen molar-refractivity contribution in [1.29, 1.82) is 0 Å². The standard InChI is InChI=1S/C19H16N4O2/c1-25-18-4-2-14(3-5-18)11-22-12-17(10-21-22)23-7-6-16-8-15(13-24)9-20-19(16)23/h2-10,12-13H,11H2,1H3. The molecule has 0 N–H and O–H groups in total. The van der Waals surface area contributed by atoms with Crippen LogP contribution in [0.4, 0.5) is 0 Å². The van der Waals surface area contributed by atoms with E-state index in [1.807, 2.05) is 58.0 Å².